The van der Waals surface area contributed by atoms with Gasteiger partial charge in [0.1, 0.15) is 5.72 Å². The van der Waals surface area contributed by atoms with E-state index in [0.29, 0.717) is 0 Å². The summed E-state index contributed by atoms with van der Waals surface area (Å²) in [5, 5.41) is 27.7. The standard InChI is InChI=1S/C5H11NO4/c1-5(10,3-7)6-2-4(8)9/h6-7,10H,2-3H2,1H3,(H,8,9). The van der Waals surface area contributed by atoms with Gasteiger partial charge in [-0.05, 0) is 6.92 Å². The van der Waals surface area contributed by atoms with Gasteiger partial charge in [-0.15, -0.1) is 0 Å². The maximum absolute atomic E-state index is 9.91. The Morgan fingerprint density at radius 1 is 1.70 bits per heavy atom. The van der Waals surface area contributed by atoms with Gasteiger partial charge >= 0.3 is 5.97 Å². The van der Waals surface area contributed by atoms with Gasteiger partial charge in [-0.3, -0.25) is 10.1 Å². The second kappa shape index (κ2) is 3.50. The van der Waals surface area contributed by atoms with Crippen molar-refractivity contribution in [2.24, 2.45) is 0 Å². The van der Waals surface area contributed by atoms with E-state index in [-0.39, 0.29) is 6.54 Å². The number of hydrogen-bond donors (Lipinski definition) is 4. The normalized spacial score (nSPS) is 16.3. The minimum atomic E-state index is -1.50. The molecule has 0 aliphatic rings. The molecular formula is C5H11NO4. The highest BCUT2D eigenvalue weighted by atomic mass is 16.4. The molecule has 0 fully saturated rings. The van der Waals surface area contributed by atoms with Gasteiger partial charge < -0.3 is 15.3 Å². The largest absolute Gasteiger partial charge is 0.480 e. The summed E-state index contributed by atoms with van der Waals surface area (Å²) in [5.41, 5.74) is -1.50. The Labute approximate surface area is 58.3 Å². The third-order valence-electron chi connectivity index (χ3n) is 0.928. The topological polar surface area (TPSA) is 89.8 Å². The third-order valence-corrected chi connectivity index (χ3v) is 0.928. The Hall–Kier alpha value is -0.650. The van der Waals surface area contributed by atoms with Crippen molar-refractivity contribution in [2.75, 3.05) is 13.2 Å². The van der Waals surface area contributed by atoms with Gasteiger partial charge in [0.15, 0.2) is 0 Å². The van der Waals surface area contributed by atoms with Crippen LogP contribution in [0.1, 0.15) is 6.92 Å². The Morgan fingerprint density at radius 2 is 2.20 bits per heavy atom. The lowest BCUT2D eigenvalue weighted by Crippen LogP contribution is -2.47. The highest BCUT2D eigenvalue weighted by Gasteiger charge is 2.18. The molecule has 0 aliphatic carbocycles. The molecule has 5 heteroatoms. The number of nitrogens with one attached hydrogen (secondary N) is 1. The lowest BCUT2D eigenvalue weighted by atomic mass is 10.3. The summed E-state index contributed by atoms with van der Waals surface area (Å²) in [6, 6.07) is 0. The maximum atomic E-state index is 9.91. The fraction of sp³-hybridized carbons (Fsp3) is 0.800. The van der Waals surface area contributed by atoms with Crippen LogP contribution in [0.5, 0.6) is 0 Å². The number of carboxylic acid groups (broad SMARTS) is 1. The van der Waals surface area contributed by atoms with E-state index in [1.54, 1.807) is 0 Å². The Morgan fingerprint density at radius 3 is 2.50 bits per heavy atom. The first-order chi connectivity index (χ1) is 4.48. The van der Waals surface area contributed by atoms with Crippen LogP contribution in [0, 0.1) is 0 Å². The average Bonchev–Trinajstić information content (AvgIpc) is 1.85. The van der Waals surface area contributed by atoms with E-state index in [9.17, 15) is 4.79 Å². The zero-order valence-electron chi connectivity index (χ0n) is 5.66. The minimum absolute atomic E-state index is 0.368. The first kappa shape index (κ1) is 9.35. The molecular weight excluding hydrogens is 138 g/mol. The van der Waals surface area contributed by atoms with E-state index < -0.39 is 18.3 Å². The zero-order chi connectivity index (χ0) is 8.20. The summed E-state index contributed by atoms with van der Waals surface area (Å²) in [6.45, 7) is 0.407. The molecule has 0 spiro atoms. The summed E-state index contributed by atoms with van der Waals surface area (Å²) < 4.78 is 0. The van der Waals surface area contributed by atoms with Crippen LogP contribution >= 0.6 is 0 Å². The molecule has 0 heterocycles. The van der Waals surface area contributed by atoms with Crippen LogP contribution in [0.3, 0.4) is 0 Å². The molecule has 0 bridgehead atoms. The number of aliphatic hydroxyl groups is 2. The van der Waals surface area contributed by atoms with Gasteiger partial charge in [0.05, 0.1) is 13.2 Å². The molecule has 0 radical (unpaired) electrons. The van der Waals surface area contributed by atoms with Crippen LogP contribution in [-0.2, 0) is 4.79 Å². The van der Waals surface area contributed by atoms with E-state index >= 15 is 0 Å². The van der Waals surface area contributed by atoms with Crippen molar-refractivity contribution in [1.82, 2.24) is 5.32 Å². The number of aliphatic carboxylic acids is 1. The van der Waals surface area contributed by atoms with Gasteiger partial charge in [0.2, 0.25) is 0 Å². The Bertz CT molecular complexity index is 123. The molecule has 0 aromatic carbocycles. The summed E-state index contributed by atoms with van der Waals surface area (Å²) in [5.74, 6) is -1.08. The molecule has 0 aliphatic heterocycles. The van der Waals surface area contributed by atoms with Crippen molar-refractivity contribution in [1.29, 1.82) is 0 Å². The van der Waals surface area contributed by atoms with Gasteiger partial charge in [0, 0.05) is 0 Å². The number of carbonyl (C=O) groups is 1. The smallest absolute Gasteiger partial charge is 0.317 e. The molecule has 0 saturated heterocycles. The average molecular weight is 149 g/mol. The SMILES string of the molecule is CC(O)(CO)NCC(=O)O. The fourth-order valence-corrected chi connectivity index (χ4v) is 0.322. The second-order valence-electron chi connectivity index (χ2n) is 2.18. The van der Waals surface area contributed by atoms with Gasteiger partial charge in [-0.1, -0.05) is 0 Å². The van der Waals surface area contributed by atoms with E-state index in [0.717, 1.165) is 0 Å². The van der Waals surface area contributed by atoms with Crippen LogP contribution < -0.4 is 5.32 Å². The molecule has 1 atom stereocenters. The number of rotatable bonds is 4. The van der Waals surface area contributed by atoms with E-state index in [2.05, 4.69) is 5.32 Å². The minimum Gasteiger partial charge on any atom is -0.480 e. The van der Waals surface area contributed by atoms with Crippen molar-refractivity contribution in [3.05, 3.63) is 0 Å². The van der Waals surface area contributed by atoms with Crippen LogP contribution in [-0.4, -0.2) is 40.2 Å². The fourth-order valence-electron chi connectivity index (χ4n) is 0.322. The highest BCUT2D eigenvalue weighted by molar-refractivity contribution is 5.69. The van der Waals surface area contributed by atoms with E-state index in [1.165, 1.54) is 6.92 Å². The third kappa shape index (κ3) is 4.25. The summed E-state index contributed by atoms with van der Waals surface area (Å²) in [7, 11) is 0. The van der Waals surface area contributed by atoms with Crippen molar-refractivity contribution < 1.29 is 20.1 Å². The molecule has 0 aromatic heterocycles. The second-order valence-corrected chi connectivity index (χ2v) is 2.18. The van der Waals surface area contributed by atoms with Crippen LogP contribution in [0.4, 0.5) is 0 Å². The molecule has 0 saturated carbocycles. The predicted octanol–water partition coefficient (Wildman–Crippen LogP) is -1.64. The molecule has 1 unspecified atom stereocenters. The van der Waals surface area contributed by atoms with E-state index in [1.807, 2.05) is 0 Å². The molecule has 0 rings (SSSR count). The molecule has 60 valence electrons. The summed E-state index contributed by atoms with van der Waals surface area (Å²) >= 11 is 0. The van der Waals surface area contributed by atoms with Crippen LogP contribution in [0.25, 0.3) is 0 Å². The first-order valence-corrected chi connectivity index (χ1v) is 2.78. The Kier molecular flexibility index (Phi) is 3.27. The molecule has 5 nitrogen and oxygen atoms in total. The highest BCUT2D eigenvalue weighted by Crippen LogP contribution is 1.93. The zero-order valence-corrected chi connectivity index (χ0v) is 5.66. The Balaban J connectivity index is 3.56. The molecule has 0 amide bonds. The van der Waals surface area contributed by atoms with Crippen LogP contribution in [0.2, 0.25) is 0 Å². The first-order valence-electron chi connectivity index (χ1n) is 2.78. The quantitative estimate of drug-likeness (QED) is 0.360. The lowest BCUT2D eigenvalue weighted by Gasteiger charge is -2.20. The molecule has 4 N–H and O–H groups in total. The molecule has 0 aromatic rings. The number of aliphatic hydroxyl groups excluding tert-OH is 1. The van der Waals surface area contributed by atoms with Gasteiger partial charge in [0.25, 0.3) is 0 Å². The van der Waals surface area contributed by atoms with Gasteiger partial charge in [-0.25, -0.2) is 0 Å². The maximum Gasteiger partial charge on any atom is 0.317 e. The van der Waals surface area contributed by atoms with E-state index in [4.69, 9.17) is 15.3 Å². The van der Waals surface area contributed by atoms with Crippen LogP contribution in [0.15, 0.2) is 0 Å². The van der Waals surface area contributed by atoms with Crippen molar-refractivity contribution in [3.8, 4) is 0 Å². The summed E-state index contributed by atoms with van der Waals surface area (Å²) in [6.07, 6.45) is 0. The molecule has 10 heavy (non-hydrogen) atoms. The monoisotopic (exact) mass is 149 g/mol. The van der Waals surface area contributed by atoms with Crippen molar-refractivity contribution in [2.45, 2.75) is 12.6 Å². The predicted molar refractivity (Wildman–Crippen MR) is 33.3 cm³/mol. The summed E-state index contributed by atoms with van der Waals surface area (Å²) in [4.78, 5) is 9.91. The van der Waals surface area contributed by atoms with Crippen molar-refractivity contribution >= 4 is 5.97 Å². The number of carboxylic acids is 1. The number of hydrogen-bond acceptors (Lipinski definition) is 4. The lowest BCUT2D eigenvalue weighted by molar-refractivity contribution is -0.138. The van der Waals surface area contributed by atoms with Crippen molar-refractivity contribution in [3.63, 3.8) is 0 Å². The van der Waals surface area contributed by atoms with Gasteiger partial charge in [-0.2, -0.15) is 0 Å².